The summed E-state index contributed by atoms with van der Waals surface area (Å²) in [5.74, 6) is -6.61. The van der Waals surface area contributed by atoms with Gasteiger partial charge < -0.3 is 37.0 Å². The number of hydrogen-bond donors (Lipinski definition) is 6. The molecule has 1 saturated carbocycles. The number of phenolic OH excluding ortho intramolecular Hbond substituents is 1. The Hall–Kier alpha value is -4.10. The summed E-state index contributed by atoms with van der Waals surface area (Å²) in [5, 5.41) is 47.9. The van der Waals surface area contributed by atoms with Crippen molar-refractivity contribution < 1.29 is 45.3 Å². The number of likely N-dealkylation sites (N-methyl/N-ethyl adjacent to an activating group) is 1. The van der Waals surface area contributed by atoms with Gasteiger partial charge in [0.1, 0.15) is 22.8 Å². The fourth-order valence-corrected chi connectivity index (χ4v) is 6.35. The van der Waals surface area contributed by atoms with Crippen molar-refractivity contribution in [3.8, 4) is 5.75 Å². The van der Waals surface area contributed by atoms with E-state index in [2.05, 4.69) is 10.3 Å². The zero-order chi connectivity index (χ0) is 28.2. The third-order valence-corrected chi connectivity index (χ3v) is 8.13. The number of aromatic nitrogens is 1. The van der Waals surface area contributed by atoms with E-state index in [1.165, 1.54) is 11.0 Å². The second-order valence-electron chi connectivity index (χ2n) is 10.6. The molecule has 3 aliphatic carbocycles. The molecule has 4 atom stereocenters. The van der Waals surface area contributed by atoms with Crippen molar-refractivity contribution in [3.05, 3.63) is 75.8 Å². The zero-order valence-electron chi connectivity index (χ0n) is 22.1. The number of aliphatic hydroxyl groups excluding tert-OH is 2. The highest BCUT2D eigenvalue weighted by Gasteiger charge is 2.64. The van der Waals surface area contributed by atoms with Gasteiger partial charge in [-0.2, -0.15) is 0 Å². The Bertz CT molecular complexity index is 1450. The lowest BCUT2D eigenvalue weighted by atomic mass is 9.57. The molecule has 0 radical (unpaired) electrons. The standard InChI is InChI=1S/C28H30N4O7.H2O/c1-32(2)22-17-10-15-9-16-14(12-31-11-13-5-7-30-8-6-13)3-4-18(33)20(16)23(34)19(15)25(36)28(17,39)26(37)21(24(22)35)27(29)38;/h3-8,15,17,22,31,33-34,37,39H,9-12H2,1-2H3,(H2,29,38);1H2/p+1/t15-,17-,22-,28-;/m0./s1. The molecule has 1 amide bonds. The minimum atomic E-state index is -2.65. The van der Waals surface area contributed by atoms with Crippen molar-refractivity contribution in [3.63, 3.8) is 0 Å². The summed E-state index contributed by atoms with van der Waals surface area (Å²) in [4.78, 5) is 43.6. The number of nitrogens with zero attached hydrogens (tertiary/aromatic N) is 1. The third-order valence-electron chi connectivity index (χ3n) is 8.13. The number of H-pyrrole nitrogens is 1. The molecule has 1 aromatic carbocycles. The first-order valence-electron chi connectivity index (χ1n) is 12.6. The maximum absolute atomic E-state index is 13.9. The highest BCUT2D eigenvalue weighted by Crippen LogP contribution is 2.52. The molecule has 3 aliphatic rings. The average molecular weight is 554 g/mol. The van der Waals surface area contributed by atoms with Crippen LogP contribution in [0.15, 0.2) is 53.6 Å². The van der Waals surface area contributed by atoms with E-state index in [1.807, 2.05) is 24.5 Å². The smallest absolute Gasteiger partial charge is 0.255 e. The van der Waals surface area contributed by atoms with Crippen LogP contribution < -0.4 is 16.0 Å². The normalized spacial score (nSPS) is 25.8. The molecule has 1 fully saturated rings. The number of rotatable bonds is 6. The molecule has 212 valence electrons. The minimum absolute atomic E-state index is 0. The molecule has 1 aromatic heterocycles. The maximum Gasteiger partial charge on any atom is 0.255 e. The minimum Gasteiger partial charge on any atom is -0.508 e. The molecule has 0 saturated heterocycles. The first kappa shape index (κ1) is 28.9. The Morgan fingerprint density at radius 3 is 2.42 bits per heavy atom. The maximum atomic E-state index is 13.9. The Labute approximate surface area is 229 Å². The van der Waals surface area contributed by atoms with Crippen LogP contribution in [0, 0.1) is 11.8 Å². The topological polar surface area (TPSA) is 219 Å². The monoisotopic (exact) mass is 553 g/mol. The van der Waals surface area contributed by atoms with Crippen molar-refractivity contribution >= 4 is 23.2 Å². The Kier molecular flexibility index (Phi) is 7.56. The summed E-state index contributed by atoms with van der Waals surface area (Å²) in [6.45, 7) is 0.997. The number of aromatic hydroxyl groups is 1. The summed E-state index contributed by atoms with van der Waals surface area (Å²) in [6.07, 6.45) is 3.94. The van der Waals surface area contributed by atoms with Gasteiger partial charge in [0.05, 0.1) is 11.6 Å². The summed E-state index contributed by atoms with van der Waals surface area (Å²) in [6, 6.07) is 5.94. The molecule has 0 unspecified atom stereocenters. The number of amides is 1. The van der Waals surface area contributed by atoms with Gasteiger partial charge in [0, 0.05) is 36.7 Å². The molecule has 2 aromatic rings. The number of hydrogen-bond acceptors (Lipinski definition) is 9. The summed E-state index contributed by atoms with van der Waals surface area (Å²) < 4.78 is 0. The number of Topliss-reactive ketones (excluding diaryl/α,β-unsaturated/α-hetero) is 2. The number of carbonyl (C=O) groups is 3. The van der Waals surface area contributed by atoms with E-state index in [0.717, 1.165) is 11.1 Å². The predicted octanol–water partition coefficient (Wildman–Crippen LogP) is -0.757. The first-order chi connectivity index (χ1) is 18.5. The van der Waals surface area contributed by atoms with Crippen LogP contribution in [0.3, 0.4) is 0 Å². The molecular weight excluding hydrogens is 520 g/mol. The Morgan fingerprint density at radius 1 is 1.12 bits per heavy atom. The first-order valence-corrected chi connectivity index (χ1v) is 12.6. The van der Waals surface area contributed by atoms with Crippen LogP contribution in [0.25, 0.3) is 5.76 Å². The van der Waals surface area contributed by atoms with E-state index in [1.54, 1.807) is 20.2 Å². The summed E-state index contributed by atoms with van der Waals surface area (Å²) >= 11 is 0. The van der Waals surface area contributed by atoms with Crippen LogP contribution in [0.4, 0.5) is 0 Å². The fourth-order valence-electron chi connectivity index (χ4n) is 6.35. The number of ketones is 2. The highest BCUT2D eigenvalue weighted by molar-refractivity contribution is 6.24. The van der Waals surface area contributed by atoms with Crippen molar-refractivity contribution in [2.24, 2.45) is 17.6 Å². The van der Waals surface area contributed by atoms with E-state index < -0.39 is 58.0 Å². The largest absolute Gasteiger partial charge is 0.508 e. The molecule has 0 spiro atoms. The summed E-state index contributed by atoms with van der Waals surface area (Å²) in [5.41, 5.74) is 4.31. The van der Waals surface area contributed by atoms with Gasteiger partial charge in [-0.1, -0.05) is 6.07 Å². The highest BCUT2D eigenvalue weighted by atomic mass is 16.3. The molecule has 12 heteroatoms. The molecule has 40 heavy (non-hydrogen) atoms. The number of aromatic amines is 1. The van der Waals surface area contributed by atoms with Crippen LogP contribution >= 0.6 is 0 Å². The number of phenols is 1. The lowest BCUT2D eigenvalue weighted by Gasteiger charge is -2.50. The van der Waals surface area contributed by atoms with Gasteiger partial charge in [-0.05, 0) is 55.6 Å². The van der Waals surface area contributed by atoms with Gasteiger partial charge in [-0.15, -0.1) is 0 Å². The van der Waals surface area contributed by atoms with Crippen molar-refractivity contribution in [1.29, 1.82) is 0 Å². The number of pyridine rings is 1. The lowest BCUT2D eigenvalue weighted by molar-refractivity contribution is -0.378. The zero-order valence-corrected chi connectivity index (χ0v) is 22.1. The van der Waals surface area contributed by atoms with E-state index in [9.17, 15) is 34.8 Å². The molecule has 5 rings (SSSR count). The van der Waals surface area contributed by atoms with E-state index >= 15 is 0 Å². The number of aliphatic hydroxyl groups is 3. The summed E-state index contributed by atoms with van der Waals surface area (Å²) in [7, 11) is 3.14. The second-order valence-corrected chi connectivity index (χ2v) is 10.6. The van der Waals surface area contributed by atoms with E-state index in [4.69, 9.17) is 5.73 Å². The average Bonchev–Trinajstić information content (AvgIpc) is 2.87. The molecule has 12 nitrogen and oxygen atoms in total. The Balaban J connectivity index is 0.00000370. The van der Waals surface area contributed by atoms with Crippen LogP contribution in [-0.4, -0.2) is 74.0 Å². The SMILES string of the molecule is CN(C)[C@@H]1C(=O)C(C(N)=O)=C(O)[C@@]2(O)C(=O)C3=C(O)c4c(O)ccc(CNCc5cc[nH+]cc5)c4C[C@H]3C[C@@H]12.O. The van der Waals surface area contributed by atoms with Gasteiger partial charge in [0.2, 0.25) is 5.78 Å². The molecule has 10 N–H and O–H groups in total. The number of nitrogens with one attached hydrogen (secondary N) is 2. The van der Waals surface area contributed by atoms with Crippen LogP contribution in [0.1, 0.15) is 28.7 Å². The van der Waals surface area contributed by atoms with Crippen molar-refractivity contribution in [2.45, 2.75) is 37.6 Å². The van der Waals surface area contributed by atoms with Crippen LogP contribution in [0.2, 0.25) is 0 Å². The Morgan fingerprint density at radius 2 is 1.80 bits per heavy atom. The van der Waals surface area contributed by atoms with Gasteiger partial charge in [-0.3, -0.25) is 19.3 Å². The number of carbonyl (C=O) groups excluding carboxylic acids is 3. The van der Waals surface area contributed by atoms with E-state index in [0.29, 0.717) is 18.7 Å². The predicted molar refractivity (Wildman–Crippen MR) is 141 cm³/mol. The second kappa shape index (κ2) is 10.5. The van der Waals surface area contributed by atoms with Gasteiger partial charge in [0.15, 0.2) is 23.8 Å². The van der Waals surface area contributed by atoms with E-state index in [-0.39, 0.29) is 35.2 Å². The number of nitrogens with two attached hydrogens (primary N) is 1. The third kappa shape index (κ3) is 4.25. The van der Waals surface area contributed by atoms with Gasteiger partial charge >= 0.3 is 0 Å². The molecular formula is C28H33N4O8+. The fraction of sp³-hybridized carbons (Fsp3) is 0.357. The van der Waals surface area contributed by atoms with Gasteiger partial charge in [0.25, 0.3) is 5.91 Å². The molecule has 0 bridgehead atoms. The number of primary amides is 1. The van der Waals surface area contributed by atoms with Crippen LogP contribution in [-0.2, 0) is 33.9 Å². The van der Waals surface area contributed by atoms with Gasteiger partial charge in [-0.25, -0.2) is 4.98 Å². The van der Waals surface area contributed by atoms with Crippen LogP contribution in [0.5, 0.6) is 5.75 Å². The number of benzene rings is 1. The van der Waals surface area contributed by atoms with Crippen molar-refractivity contribution in [1.82, 2.24) is 10.2 Å². The number of fused-ring (bicyclic) bond motifs is 3. The quantitative estimate of drug-likeness (QED) is 0.247. The van der Waals surface area contributed by atoms with Crippen molar-refractivity contribution in [2.75, 3.05) is 14.1 Å². The molecule has 0 aliphatic heterocycles. The molecule has 1 heterocycles. The lowest BCUT2D eigenvalue weighted by Crippen LogP contribution is -2.65.